The van der Waals surface area contributed by atoms with Crippen LogP contribution in [0.3, 0.4) is 0 Å². The molecule has 1 aromatic rings. The first-order chi connectivity index (χ1) is 8.14. The van der Waals surface area contributed by atoms with Crippen molar-refractivity contribution in [3.63, 3.8) is 0 Å². The smallest absolute Gasteiger partial charge is 0.0166 e. The molecule has 0 saturated heterocycles. The fourth-order valence-electron chi connectivity index (χ4n) is 2.26. The van der Waals surface area contributed by atoms with E-state index in [4.69, 9.17) is 5.73 Å². The largest absolute Gasteiger partial charge is 0.325 e. The van der Waals surface area contributed by atoms with Gasteiger partial charge in [-0.05, 0) is 37.2 Å². The molecule has 0 heterocycles. The van der Waals surface area contributed by atoms with E-state index in [2.05, 4.69) is 71.9 Å². The number of rotatable bonds is 5. The van der Waals surface area contributed by atoms with Crippen LogP contribution in [0.15, 0.2) is 30.3 Å². The van der Waals surface area contributed by atoms with Gasteiger partial charge in [-0.2, -0.15) is 0 Å². The number of benzene rings is 1. The monoisotopic (exact) mass is 247 g/mol. The molecular formula is C17H29N. The van der Waals surface area contributed by atoms with Crippen LogP contribution in [0.5, 0.6) is 0 Å². The molecule has 1 heteroatoms. The third kappa shape index (κ3) is 3.84. The van der Waals surface area contributed by atoms with E-state index in [1.54, 1.807) is 0 Å². The van der Waals surface area contributed by atoms with Crippen molar-refractivity contribution in [1.29, 1.82) is 0 Å². The summed E-state index contributed by atoms with van der Waals surface area (Å²) in [5.74, 6) is 1.06. The zero-order chi connectivity index (χ0) is 14.0. The summed E-state index contributed by atoms with van der Waals surface area (Å²) in [7, 11) is 0. The molecule has 0 aromatic heterocycles. The SMILES string of the molecule is CC(C)C(C)(C)CC(c1ccccc1)C(C)(C)N. The Morgan fingerprint density at radius 2 is 1.50 bits per heavy atom. The Morgan fingerprint density at radius 3 is 1.89 bits per heavy atom. The van der Waals surface area contributed by atoms with E-state index in [0.717, 1.165) is 6.42 Å². The van der Waals surface area contributed by atoms with E-state index in [-0.39, 0.29) is 5.54 Å². The first-order valence-electron chi connectivity index (χ1n) is 6.98. The van der Waals surface area contributed by atoms with Gasteiger partial charge in [-0.3, -0.25) is 0 Å². The second kappa shape index (κ2) is 5.44. The highest BCUT2D eigenvalue weighted by Crippen LogP contribution is 2.41. The van der Waals surface area contributed by atoms with Crippen LogP contribution in [0, 0.1) is 11.3 Å². The molecule has 18 heavy (non-hydrogen) atoms. The minimum atomic E-state index is -0.187. The maximum atomic E-state index is 6.42. The molecule has 0 aliphatic carbocycles. The van der Waals surface area contributed by atoms with Crippen LogP contribution in [0.4, 0.5) is 0 Å². The Labute approximate surface area is 113 Å². The molecule has 0 spiro atoms. The molecule has 1 nitrogen and oxygen atoms in total. The molecule has 0 radical (unpaired) electrons. The minimum Gasteiger partial charge on any atom is -0.325 e. The second-order valence-corrected chi connectivity index (χ2v) is 7.13. The maximum Gasteiger partial charge on any atom is 0.0166 e. The quantitative estimate of drug-likeness (QED) is 0.809. The van der Waals surface area contributed by atoms with Gasteiger partial charge < -0.3 is 5.73 Å². The van der Waals surface area contributed by atoms with E-state index < -0.39 is 0 Å². The molecule has 0 bridgehead atoms. The fourth-order valence-corrected chi connectivity index (χ4v) is 2.26. The lowest BCUT2D eigenvalue weighted by molar-refractivity contribution is 0.185. The van der Waals surface area contributed by atoms with Crippen LogP contribution >= 0.6 is 0 Å². The van der Waals surface area contributed by atoms with Gasteiger partial charge in [0, 0.05) is 11.5 Å². The van der Waals surface area contributed by atoms with Crippen LogP contribution in [0.25, 0.3) is 0 Å². The number of hydrogen-bond acceptors (Lipinski definition) is 1. The Balaban J connectivity index is 3.02. The molecule has 1 aromatic carbocycles. The van der Waals surface area contributed by atoms with Gasteiger partial charge >= 0.3 is 0 Å². The molecule has 0 aliphatic rings. The van der Waals surface area contributed by atoms with Crippen LogP contribution in [0.2, 0.25) is 0 Å². The Morgan fingerprint density at radius 1 is 1.00 bits per heavy atom. The van der Waals surface area contributed by atoms with Gasteiger partial charge in [0.15, 0.2) is 0 Å². The summed E-state index contributed by atoms with van der Waals surface area (Å²) in [5.41, 5.74) is 7.89. The fraction of sp³-hybridized carbons (Fsp3) is 0.647. The first-order valence-corrected chi connectivity index (χ1v) is 6.98. The molecule has 0 aliphatic heterocycles. The molecule has 1 unspecified atom stereocenters. The van der Waals surface area contributed by atoms with E-state index in [1.807, 2.05) is 0 Å². The average molecular weight is 247 g/mol. The predicted molar refractivity (Wildman–Crippen MR) is 80.7 cm³/mol. The predicted octanol–water partition coefficient (Wildman–Crippen LogP) is 4.58. The van der Waals surface area contributed by atoms with Crippen molar-refractivity contribution >= 4 is 0 Å². The zero-order valence-corrected chi connectivity index (χ0v) is 12.8. The lowest BCUT2D eigenvalue weighted by Crippen LogP contribution is -2.42. The van der Waals surface area contributed by atoms with Crippen molar-refractivity contribution in [2.24, 2.45) is 17.1 Å². The Bertz CT molecular complexity index is 357. The van der Waals surface area contributed by atoms with Crippen molar-refractivity contribution in [1.82, 2.24) is 0 Å². The molecule has 2 N–H and O–H groups in total. The average Bonchev–Trinajstić information content (AvgIpc) is 2.25. The normalized spacial score (nSPS) is 14.9. The van der Waals surface area contributed by atoms with E-state index in [1.165, 1.54) is 5.56 Å². The summed E-state index contributed by atoms with van der Waals surface area (Å²) in [6, 6.07) is 10.7. The van der Waals surface area contributed by atoms with Crippen molar-refractivity contribution < 1.29 is 0 Å². The second-order valence-electron chi connectivity index (χ2n) is 7.13. The maximum absolute atomic E-state index is 6.42. The summed E-state index contributed by atoms with van der Waals surface area (Å²) in [6.45, 7) is 13.6. The zero-order valence-electron chi connectivity index (χ0n) is 12.8. The summed E-state index contributed by atoms with van der Waals surface area (Å²) in [4.78, 5) is 0. The summed E-state index contributed by atoms with van der Waals surface area (Å²) >= 11 is 0. The van der Waals surface area contributed by atoms with E-state index in [9.17, 15) is 0 Å². The topological polar surface area (TPSA) is 26.0 Å². The Hall–Kier alpha value is -0.820. The molecule has 0 saturated carbocycles. The Kier molecular flexibility index (Phi) is 4.61. The van der Waals surface area contributed by atoms with Crippen molar-refractivity contribution in [2.75, 3.05) is 0 Å². The van der Waals surface area contributed by atoms with Crippen LogP contribution < -0.4 is 5.73 Å². The molecule has 102 valence electrons. The van der Waals surface area contributed by atoms with Gasteiger partial charge in [-0.1, -0.05) is 58.0 Å². The van der Waals surface area contributed by atoms with Crippen LogP contribution in [-0.4, -0.2) is 5.54 Å². The standard InChI is InChI=1S/C17H29N/c1-13(2)16(3,4)12-15(17(5,6)18)14-10-8-7-9-11-14/h7-11,13,15H,12,18H2,1-6H3. The highest BCUT2D eigenvalue weighted by Gasteiger charge is 2.34. The number of nitrogens with two attached hydrogens (primary N) is 1. The van der Waals surface area contributed by atoms with Gasteiger partial charge in [0.2, 0.25) is 0 Å². The van der Waals surface area contributed by atoms with Crippen molar-refractivity contribution in [3.05, 3.63) is 35.9 Å². The van der Waals surface area contributed by atoms with E-state index >= 15 is 0 Å². The lowest BCUT2D eigenvalue weighted by atomic mass is 9.68. The lowest BCUT2D eigenvalue weighted by Gasteiger charge is -2.39. The third-order valence-electron chi connectivity index (χ3n) is 4.39. The molecular weight excluding hydrogens is 218 g/mol. The van der Waals surface area contributed by atoms with Gasteiger partial charge in [0.25, 0.3) is 0 Å². The number of hydrogen-bond donors (Lipinski definition) is 1. The van der Waals surface area contributed by atoms with Gasteiger partial charge in [-0.25, -0.2) is 0 Å². The molecule has 1 rings (SSSR count). The third-order valence-corrected chi connectivity index (χ3v) is 4.39. The highest BCUT2D eigenvalue weighted by atomic mass is 14.7. The summed E-state index contributed by atoms with van der Waals surface area (Å²) in [5, 5.41) is 0. The summed E-state index contributed by atoms with van der Waals surface area (Å²) in [6.07, 6.45) is 1.12. The van der Waals surface area contributed by atoms with Crippen LogP contribution in [-0.2, 0) is 0 Å². The molecule has 0 fully saturated rings. The summed E-state index contributed by atoms with van der Waals surface area (Å²) < 4.78 is 0. The van der Waals surface area contributed by atoms with Gasteiger partial charge in [0.1, 0.15) is 0 Å². The molecule has 1 atom stereocenters. The molecule has 0 amide bonds. The van der Waals surface area contributed by atoms with Gasteiger partial charge in [0.05, 0.1) is 0 Å². The highest BCUT2D eigenvalue weighted by molar-refractivity contribution is 5.23. The first kappa shape index (κ1) is 15.2. The van der Waals surface area contributed by atoms with Crippen molar-refractivity contribution in [3.8, 4) is 0 Å². The van der Waals surface area contributed by atoms with E-state index in [0.29, 0.717) is 17.3 Å². The van der Waals surface area contributed by atoms with Gasteiger partial charge in [-0.15, -0.1) is 0 Å². The van der Waals surface area contributed by atoms with Crippen molar-refractivity contribution in [2.45, 2.75) is 59.4 Å². The minimum absolute atomic E-state index is 0.187. The van der Waals surface area contributed by atoms with Crippen LogP contribution in [0.1, 0.15) is 59.4 Å².